The third-order valence-corrected chi connectivity index (χ3v) is 7.11. The zero-order chi connectivity index (χ0) is 22.7. The Morgan fingerprint density at radius 2 is 1.41 bits per heavy atom. The Hall–Kier alpha value is -3.19. The average molecular weight is 437 g/mol. The van der Waals surface area contributed by atoms with Crippen molar-refractivity contribution in [1.29, 1.82) is 0 Å². The molecular weight excluding hydrogens is 408 g/mol. The molecule has 0 aliphatic carbocycles. The van der Waals surface area contributed by atoms with E-state index in [1.165, 1.54) is 0 Å². The second kappa shape index (κ2) is 7.45. The maximum Gasteiger partial charge on any atom is 0.245 e. The minimum absolute atomic E-state index is 0.0774. The first-order valence-corrected chi connectivity index (χ1v) is 10.7. The van der Waals surface area contributed by atoms with Crippen LogP contribution < -0.4 is 18.9 Å². The number of rotatable bonds is 4. The summed E-state index contributed by atoms with van der Waals surface area (Å²) in [5, 5.41) is 0. The maximum atomic E-state index is 13.8. The van der Waals surface area contributed by atoms with Gasteiger partial charge < -0.3 is 23.8 Å². The molecule has 0 radical (unpaired) electrons. The van der Waals surface area contributed by atoms with E-state index in [2.05, 4.69) is 17.9 Å². The summed E-state index contributed by atoms with van der Waals surface area (Å²) in [5.41, 5.74) is 4.90. The molecule has 3 aliphatic rings. The van der Waals surface area contributed by atoms with Crippen LogP contribution in [-0.2, 0) is 11.2 Å². The third-order valence-electron chi connectivity index (χ3n) is 7.11. The third kappa shape index (κ3) is 2.60. The van der Waals surface area contributed by atoms with Crippen LogP contribution in [-0.4, -0.2) is 57.2 Å². The molecule has 3 aliphatic heterocycles. The lowest BCUT2D eigenvalue weighted by atomic mass is 9.78. The van der Waals surface area contributed by atoms with Crippen molar-refractivity contribution in [1.82, 2.24) is 9.80 Å². The molecule has 2 aromatic carbocycles. The molecule has 0 N–H and O–H groups in total. The van der Waals surface area contributed by atoms with E-state index in [0.29, 0.717) is 6.42 Å². The van der Waals surface area contributed by atoms with Gasteiger partial charge in [-0.15, -0.1) is 0 Å². The summed E-state index contributed by atoms with van der Waals surface area (Å²) in [5.74, 6) is 3.16. The predicted molar refractivity (Wildman–Crippen MR) is 120 cm³/mol. The molecular formula is C25H28N2O5. The Kier molecular flexibility index (Phi) is 4.82. The SMILES string of the molecule is COc1ccc(OC)c2c1C=C1[C@@H]3c4c(OC)ccc(OC)c4C[C@@H](C(=O)N1[C@@H]2C)N3C. The molecule has 2 bridgehead atoms. The number of methoxy groups -OCH3 is 4. The highest BCUT2D eigenvalue weighted by Gasteiger charge is 2.51. The van der Waals surface area contributed by atoms with Crippen LogP contribution >= 0.6 is 0 Å². The first-order chi connectivity index (χ1) is 15.5. The second-order valence-corrected chi connectivity index (χ2v) is 8.40. The number of ether oxygens (including phenoxy) is 4. The van der Waals surface area contributed by atoms with Crippen LogP contribution in [0.2, 0.25) is 0 Å². The summed E-state index contributed by atoms with van der Waals surface area (Å²) in [6.45, 7) is 2.05. The van der Waals surface area contributed by atoms with Crippen molar-refractivity contribution >= 4 is 12.0 Å². The van der Waals surface area contributed by atoms with E-state index in [9.17, 15) is 4.79 Å². The molecule has 7 nitrogen and oxygen atoms in total. The number of fused-ring (bicyclic) bond motifs is 7. The fraction of sp³-hybridized carbons (Fsp3) is 0.400. The highest BCUT2D eigenvalue weighted by Crippen LogP contribution is 2.54. The van der Waals surface area contributed by atoms with Crippen LogP contribution in [0.5, 0.6) is 23.0 Å². The Balaban J connectivity index is 1.81. The summed E-state index contributed by atoms with van der Waals surface area (Å²) in [7, 11) is 8.68. The highest BCUT2D eigenvalue weighted by molar-refractivity contribution is 5.90. The molecule has 1 fully saturated rings. The van der Waals surface area contributed by atoms with E-state index in [-0.39, 0.29) is 24.0 Å². The molecule has 0 saturated carbocycles. The Morgan fingerprint density at radius 1 is 0.844 bits per heavy atom. The first kappa shape index (κ1) is 20.7. The zero-order valence-corrected chi connectivity index (χ0v) is 19.3. The van der Waals surface area contributed by atoms with Gasteiger partial charge in [0, 0.05) is 34.4 Å². The van der Waals surface area contributed by atoms with Crippen molar-refractivity contribution in [3.8, 4) is 23.0 Å². The summed E-state index contributed by atoms with van der Waals surface area (Å²) in [6, 6.07) is 7.03. The maximum absolute atomic E-state index is 13.8. The van der Waals surface area contributed by atoms with E-state index in [1.807, 2.05) is 36.2 Å². The van der Waals surface area contributed by atoms with Crippen molar-refractivity contribution < 1.29 is 23.7 Å². The molecule has 2 aromatic rings. The Bertz CT molecular complexity index is 1140. The predicted octanol–water partition coefficient (Wildman–Crippen LogP) is 3.58. The lowest BCUT2D eigenvalue weighted by molar-refractivity contribution is -0.143. The first-order valence-electron chi connectivity index (χ1n) is 10.7. The van der Waals surface area contributed by atoms with Gasteiger partial charge in [0.25, 0.3) is 0 Å². The van der Waals surface area contributed by atoms with Gasteiger partial charge in [-0.1, -0.05) is 0 Å². The summed E-state index contributed by atoms with van der Waals surface area (Å²) < 4.78 is 22.8. The van der Waals surface area contributed by atoms with Crippen LogP contribution in [0, 0.1) is 0 Å². The molecule has 0 spiro atoms. The van der Waals surface area contributed by atoms with Gasteiger partial charge in [0.2, 0.25) is 5.91 Å². The van der Waals surface area contributed by atoms with Gasteiger partial charge >= 0.3 is 0 Å². The molecule has 3 heterocycles. The van der Waals surface area contributed by atoms with Crippen LogP contribution in [0.15, 0.2) is 30.0 Å². The molecule has 0 aromatic heterocycles. The van der Waals surface area contributed by atoms with E-state index in [0.717, 1.165) is 50.9 Å². The average Bonchev–Trinajstić information content (AvgIpc) is 2.80. The van der Waals surface area contributed by atoms with Crippen molar-refractivity contribution in [3.63, 3.8) is 0 Å². The monoisotopic (exact) mass is 436 g/mol. The molecule has 0 unspecified atom stereocenters. The number of hydrogen-bond acceptors (Lipinski definition) is 6. The topological polar surface area (TPSA) is 60.5 Å². The molecule has 168 valence electrons. The van der Waals surface area contributed by atoms with Gasteiger partial charge in [-0.25, -0.2) is 0 Å². The summed E-state index contributed by atoms with van der Waals surface area (Å²) in [4.78, 5) is 17.9. The summed E-state index contributed by atoms with van der Waals surface area (Å²) >= 11 is 0. The van der Waals surface area contributed by atoms with E-state index in [4.69, 9.17) is 18.9 Å². The van der Waals surface area contributed by atoms with Crippen molar-refractivity contribution in [3.05, 3.63) is 52.2 Å². The highest BCUT2D eigenvalue weighted by atomic mass is 16.5. The van der Waals surface area contributed by atoms with Crippen molar-refractivity contribution in [2.24, 2.45) is 0 Å². The van der Waals surface area contributed by atoms with Gasteiger partial charge in [0.15, 0.2) is 0 Å². The smallest absolute Gasteiger partial charge is 0.245 e. The van der Waals surface area contributed by atoms with Crippen LogP contribution in [0.4, 0.5) is 0 Å². The minimum Gasteiger partial charge on any atom is -0.496 e. The largest absolute Gasteiger partial charge is 0.496 e. The molecule has 3 atom stereocenters. The number of amides is 1. The van der Waals surface area contributed by atoms with Crippen LogP contribution in [0.3, 0.4) is 0 Å². The molecule has 5 rings (SSSR count). The Morgan fingerprint density at radius 3 is 2.03 bits per heavy atom. The van der Waals surface area contributed by atoms with Crippen LogP contribution in [0.1, 0.15) is 41.3 Å². The van der Waals surface area contributed by atoms with Gasteiger partial charge in [0.05, 0.1) is 46.6 Å². The number of carbonyl (C=O) groups excluding carboxylic acids is 1. The summed E-state index contributed by atoms with van der Waals surface area (Å²) in [6.07, 6.45) is 2.64. The molecule has 1 saturated heterocycles. The van der Waals surface area contributed by atoms with Gasteiger partial charge in [-0.2, -0.15) is 0 Å². The van der Waals surface area contributed by atoms with E-state index >= 15 is 0 Å². The fourth-order valence-corrected chi connectivity index (χ4v) is 5.63. The van der Waals surface area contributed by atoms with Crippen molar-refractivity contribution in [2.75, 3.05) is 35.5 Å². The lowest BCUT2D eigenvalue weighted by Gasteiger charge is -2.53. The standard InChI is InChI=1S/C25H28N2O5/c1-13-22-14(18(29-3)7-9-20(22)31-5)11-16-24-23-15(19(30-4)8-10-21(23)32-6)12-17(26(24)2)25(28)27(13)16/h7-11,13,17,24H,12H2,1-6H3/t13-,17+,24-/m1/s1. The van der Waals surface area contributed by atoms with Gasteiger partial charge in [-0.05, 0) is 44.3 Å². The second-order valence-electron chi connectivity index (χ2n) is 8.40. The minimum atomic E-state index is -0.286. The van der Waals surface area contributed by atoms with E-state index in [1.54, 1.807) is 28.4 Å². The number of nitrogens with zero attached hydrogens (tertiary/aromatic N) is 2. The molecule has 1 amide bonds. The van der Waals surface area contributed by atoms with Gasteiger partial charge in [0.1, 0.15) is 23.0 Å². The molecule has 7 heteroatoms. The molecule has 32 heavy (non-hydrogen) atoms. The van der Waals surface area contributed by atoms with Crippen molar-refractivity contribution in [2.45, 2.75) is 31.5 Å². The quantitative estimate of drug-likeness (QED) is 0.730. The van der Waals surface area contributed by atoms with Crippen LogP contribution in [0.25, 0.3) is 6.08 Å². The number of piperazine rings is 1. The fourth-order valence-electron chi connectivity index (χ4n) is 5.63. The number of hydrogen-bond donors (Lipinski definition) is 0. The number of likely N-dealkylation sites (N-methyl/N-ethyl adjacent to an activating group) is 1. The zero-order valence-electron chi connectivity index (χ0n) is 19.3. The Labute approximate surface area is 188 Å². The van der Waals surface area contributed by atoms with Gasteiger partial charge in [-0.3, -0.25) is 9.69 Å². The number of carbonyl (C=O) groups is 1. The number of benzene rings is 2. The van der Waals surface area contributed by atoms with E-state index < -0.39 is 0 Å². The lowest BCUT2D eigenvalue weighted by Crippen LogP contribution is -2.59. The normalized spacial score (nSPS) is 23.6.